The third kappa shape index (κ3) is 7.53. The summed E-state index contributed by atoms with van der Waals surface area (Å²) in [6.45, 7) is 7.22. The van der Waals surface area contributed by atoms with E-state index in [4.69, 9.17) is 22.6 Å². The molecule has 9 unspecified atom stereocenters. The predicted octanol–water partition coefficient (Wildman–Crippen LogP) is 1.71. The van der Waals surface area contributed by atoms with Crippen molar-refractivity contribution in [1.82, 2.24) is 0 Å². The molecule has 1 saturated heterocycles. The lowest BCUT2D eigenvalue weighted by molar-refractivity contribution is -0.778. The maximum Gasteiger partial charge on any atom is 0.306 e. The summed E-state index contributed by atoms with van der Waals surface area (Å²) in [7, 11) is 0. The molecular formula is C30H46O16S2-2. The van der Waals surface area contributed by atoms with Crippen LogP contribution >= 0.6 is 24.6 Å². The minimum absolute atomic E-state index is 0.00978. The van der Waals surface area contributed by atoms with Crippen LogP contribution in [0.3, 0.4) is 0 Å². The van der Waals surface area contributed by atoms with Gasteiger partial charge in [0.05, 0.1) is 24.7 Å². The lowest BCUT2D eigenvalue weighted by Gasteiger charge is -2.62. The number of carboxylic acids is 1. The molecule has 48 heavy (non-hydrogen) atoms. The molecule has 0 amide bonds. The number of carboxylic acid groups (broad SMARTS) is 1. The molecule has 0 radical (unpaired) electrons. The summed E-state index contributed by atoms with van der Waals surface area (Å²) in [5, 5.41) is 60.0. The largest absolute Gasteiger partial charge is 0.691 e. The van der Waals surface area contributed by atoms with Crippen molar-refractivity contribution in [2.45, 2.75) is 122 Å². The van der Waals surface area contributed by atoms with Gasteiger partial charge in [-0.25, -0.2) is 0 Å². The Hall–Kier alpha value is -0.840. The van der Waals surface area contributed by atoms with Crippen LogP contribution in [-0.2, 0) is 50.9 Å². The normalized spacial score (nSPS) is 43.9. The fourth-order valence-corrected chi connectivity index (χ4v) is 10.8. The Bertz CT molecular complexity index is 1100. The lowest BCUT2D eigenvalue weighted by Crippen LogP contribution is -2.63. The zero-order valence-electron chi connectivity index (χ0n) is 27.3. The van der Waals surface area contributed by atoms with Gasteiger partial charge in [-0.1, -0.05) is 27.7 Å². The van der Waals surface area contributed by atoms with Crippen molar-refractivity contribution >= 4 is 36.6 Å². The van der Waals surface area contributed by atoms with Gasteiger partial charge in [0.1, 0.15) is 18.3 Å². The van der Waals surface area contributed by atoms with Gasteiger partial charge >= 0.3 is 11.9 Å². The molecule has 16 nitrogen and oxygen atoms in total. The van der Waals surface area contributed by atoms with E-state index in [-0.39, 0.29) is 66.6 Å². The molecule has 5 rings (SSSR count). The van der Waals surface area contributed by atoms with Crippen LogP contribution in [0.4, 0.5) is 0 Å². The number of aliphatic hydroxyl groups excluding tert-OH is 2. The first kappa shape index (κ1) is 38.4. The average Bonchev–Trinajstić information content (AvgIpc) is 3.21. The minimum Gasteiger partial charge on any atom is -0.691 e. The summed E-state index contributed by atoms with van der Waals surface area (Å²) in [6.07, 6.45) is -2.95. The van der Waals surface area contributed by atoms with Crippen LogP contribution in [-0.4, -0.2) is 76.8 Å². The third-order valence-corrected chi connectivity index (χ3v) is 12.7. The van der Waals surface area contributed by atoms with Gasteiger partial charge in [0.15, 0.2) is 37.0 Å². The van der Waals surface area contributed by atoms with Crippen LogP contribution in [0.25, 0.3) is 0 Å². The minimum atomic E-state index is -1.40. The van der Waals surface area contributed by atoms with E-state index in [0.29, 0.717) is 18.8 Å². The molecule has 1 aliphatic heterocycles. The number of carbonyl (C=O) groups excluding carboxylic acids is 1. The van der Waals surface area contributed by atoms with E-state index in [1.54, 1.807) is 0 Å². The highest BCUT2D eigenvalue weighted by molar-refractivity contribution is 7.90. The molecule has 14 atom stereocenters. The summed E-state index contributed by atoms with van der Waals surface area (Å²) < 4.78 is 38.1. The van der Waals surface area contributed by atoms with Gasteiger partial charge in [-0.15, -0.1) is 8.67 Å². The molecule has 3 N–H and O–H groups in total. The van der Waals surface area contributed by atoms with Gasteiger partial charge in [-0.3, -0.25) is 28.0 Å². The number of rotatable bonds is 15. The predicted molar refractivity (Wildman–Crippen MR) is 159 cm³/mol. The summed E-state index contributed by atoms with van der Waals surface area (Å²) in [5.74, 6) is -1.82. The van der Waals surface area contributed by atoms with E-state index in [1.807, 2.05) is 13.8 Å². The Kier molecular flexibility index (Phi) is 13.0. The molecule has 5 fully saturated rings. The van der Waals surface area contributed by atoms with Crippen LogP contribution in [0.2, 0.25) is 0 Å². The van der Waals surface area contributed by atoms with Gasteiger partial charge < -0.3 is 40.0 Å². The van der Waals surface area contributed by atoms with Crippen LogP contribution in [0.1, 0.15) is 79.1 Å². The number of ether oxygens (including phenoxy) is 3. The maximum absolute atomic E-state index is 13.0. The fraction of sp³-hybridized carbons (Fsp3) is 0.933. The molecule has 5 aliphatic rings. The smallest absolute Gasteiger partial charge is 0.306 e. The van der Waals surface area contributed by atoms with Crippen LogP contribution in [0.5, 0.6) is 0 Å². The van der Waals surface area contributed by atoms with Gasteiger partial charge in [-0.2, -0.15) is 0 Å². The molecular weight excluding hydrogens is 680 g/mol. The summed E-state index contributed by atoms with van der Waals surface area (Å²) in [4.78, 5) is 25.9. The van der Waals surface area contributed by atoms with E-state index >= 15 is 0 Å². The zero-order valence-corrected chi connectivity index (χ0v) is 29.0. The van der Waals surface area contributed by atoms with Crippen molar-refractivity contribution in [2.24, 2.45) is 46.3 Å². The molecule has 2 bridgehead atoms. The van der Waals surface area contributed by atoms with Crippen molar-refractivity contribution in [3.63, 3.8) is 0 Å². The molecule has 0 aromatic heterocycles. The van der Waals surface area contributed by atoms with Crippen molar-refractivity contribution in [3.05, 3.63) is 0 Å². The summed E-state index contributed by atoms with van der Waals surface area (Å²) in [6, 6.07) is 0. The number of aliphatic carboxylic acids is 1. The second-order valence-corrected chi connectivity index (χ2v) is 15.7. The molecule has 0 aromatic carbocycles. The number of fused-ring (bicyclic) bond motifs is 3. The van der Waals surface area contributed by atoms with E-state index < -0.39 is 72.8 Å². The standard InChI is InChI=1S/C30H48O16S2/c1-14(2)9-22(32)40-25-24(42-48-46-44-37)23(41-47-45-43-36)20(13-31)39-28(25)38-17-10-18(27(34)35)19-7-8-30-11-16(15(3)26(30)33)5-6-21(30)29(19,4)12-17/h14-21,23-26,28,31,33,36-37H,5-13H2,1-4H3,(H,34,35)/p-2/t15?,16?,17?,18?,19?,20-,21?,23+,24+,25?,26-,28+,29?,30?/m0/s1. The number of carbonyl (C=O) groups is 2. The summed E-state index contributed by atoms with van der Waals surface area (Å²) in [5.41, 5.74) is -0.771. The highest BCUT2D eigenvalue weighted by Crippen LogP contribution is 2.71. The van der Waals surface area contributed by atoms with E-state index in [1.165, 1.54) is 0 Å². The Labute approximate surface area is 287 Å². The lowest BCUT2D eigenvalue weighted by atomic mass is 9.43. The fourth-order valence-electron chi connectivity index (χ4n) is 10.1. The first-order chi connectivity index (χ1) is 22.9. The molecule has 1 heterocycles. The van der Waals surface area contributed by atoms with Crippen molar-refractivity contribution in [1.29, 1.82) is 0 Å². The molecule has 1 spiro atoms. The molecule has 276 valence electrons. The topological polar surface area (TPSA) is 224 Å². The Morgan fingerprint density at radius 2 is 1.71 bits per heavy atom. The number of hydrogen-bond donors (Lipinski definition) is 3. The summed E-state index contributed by atoms with van der Waals surface area (Å²) >= 11 is 0.208. The quantitative estimate of drug-likeness (QED) is 0.0545. The van der Waals surface area contributed by atoms with Gasteiger partial charge in [-0.05, 0) is 80.0 Å². The van der Waals surface area contributed by atoms with Crippen molar-refractivity contribution < 1.29 is 76.7 Å². The molecule has 0 aromatic rings. The highest BCUT2D eigenvalue weighted by Gasteiger charge is 2.67. The van der Waals surface area contributed by atoms with Crippen molar-refractivity contribution in [3.8, 4) is 0 Å². The zero-order chi connectivity index (χ0) is 34.8. The second kappa shape index (κ2) is 16.2. The second-order valence-electron chi connectivity index (χ2n) is 14.7. The molecule has 18 heteroatoms. The molecule has 4 aliphatic carbocycles. The molecule has 4 saturated carbocycles. The van der Waals surface area contributed by atoms with Crippen LogP contribution < -0.4 is 10.5 Å². The van der Waals surface area contributed by atoms with Crippen LogP contribution in [0, 0.1) is 46.3 Å². The Morgan fingerprint density at radius 1 is 1.02 bits per heavy atom. The van der Waals surface area contributed by atoms with Gasteiger partial charge in [0, 0.05) is 11.8 Å². The average molecular weight is 727 g/mol. The Balaban J connectivity index is 1.45. The highest BCUT2D eigenvalue weighted by atomic mass is 32.2. The first-order valence-corrected chi connectivity index (χ1v) is 17.8. The van der Waals surface area contributed by atoms with Crippen molar-refractivity contribution in [2.75, 3.05) is 6.61 Å². The monoisotopic (exact) mass is 726 g/mol. The Morgan fingerprint density at radius 3 is 2.33 bits per heavy atom. The number of hydrogen-bond acceptors (Lipinski definition) is 17. The van der Waals surface area contributed by atoms with Gasteiger partial charge in [0.2, 0.25) is 0 Å². The first-order valence-electron chi connectivity index (χ1n) is 16.5. The third-order valence-electron chi connectivity index (χ3n) is 11.9. The van der Waals surface area contributed by atoms with E-state index in [2.05, 4.69) is 32.6 Å². The number of esters is 1. The van der Waals surface area contributed by atoms with Gasteiger partial charge in [0.25, 0.3) is 0 Å². The number of aliphatic hydroxyl groups is 2. The van der Waals surface area contributed by atoms with Crippen LogP contribution in [0.15, 0.2) is 0 Å². The SMILES string of the molecule is CC(C)CC(=O)OC1[C@H](OC2CC(C(=O)O)C3CCC45CC(CCC4C3(C)C2)C(C)[C@@H]5O)O[C@@H](CO)[C@@H](OSOO[O-])[C@H]1OSOO[O-]. The van der Waals surface area contributed by atoms with E-state index in [0.717, 1.165) is 25.7 Å². The maximum atomic E-state index is 13.0. The van der Waals surface area contributed by atoms with E-state index in [9.17, 15) is 35.4 Å².